The molecule has 0 radical (unpaired) electrons. The van der Waals surface area contributed by atoms with Gasteiger partial charge in [0.1, 0.15) is 5.75 Å². The number of hydrogen-bond donors (Lipinski definition) is 1. The molecule has 0 saturated heterocycles. The number of benzene rings is 2. The number of carbonyl (C=O) groups is 2. The van der Waals surface area contributed by atoms with Gasteiger partial charge in [0.15, 0.2) is 6.10 Å². The fourth-order valence-corrected chi connectivity index (χ4v) is 2.19. The lowest BCUT2D eigenvalue weighted by molar-refractivity contribution is -0.148. The number of methoxy groups -OCH3 is 1. The summed E-state index contributed by atoms with van der Waals surface area (Å²) in [6, 6.07) is 14.3. The number of rotatable bonds is 6. The third kappa shape index (κ3) is 6.08. The zero-order valence-electron chi connectivity index (χ0n) is 13.9. The lowest BCUT2D eigenvalue weighted by Gasteiger charge is -2.12. The molecule has 0 fully saturated rings. The summed E-state index contributed by atoms with van der Waals surface area (Å²) in [7, 11) is 1.59. The molecule has 0 unspecified atom stereocenters. The first kappa shape index (κ1) is 18.7. The van der Waals surface area contributed by atoms with Crippen molar-refractivity contribution in [3.63, 3.8) is 0 Å². The van der Waals surface area contributed by atoms with E-state index in [0.29, 0.717) is 5.69 Å². The highest BCUT2D eigenvalue weighted by atomic mass is 79.9. The van der Waals surface area contributed by atoms with Crippen LogP contribution in [0, 0.1) is 0 Å². The van der Waals surface area contributed by atoms with Crippen LogP contribution >= 0.6 is 15.9 Å². The first-order valence-corrected chi connectivity index (χ1v) is 8.36. The predicted octanol–water partition coefficient (Wildman–Crippen LogP) is 4.04. The highest BCUT2D eigenvalue weighted by Gasteiger charge is 2.16. The normalized spacial score (nSPS) is 11.8. The third-order valence-corrected chi connectivity index (χ3v) is 3.83. The molecular weight excluding hydrogens is 386 g/mol. The summed E-state index contributed by atoms with van der Waals surface area (Å²) in [6.07, 6.45) is 1.99. The van der Waals surface area contributed by atoms with Crippen LogP contribution in [0.4, 0.5) is 5.69 Å². The number of hydrogen-bond acceptors (Lipinski definition) is 4. The lowest BCUT2D eigenvalue weighted by atomic mass is 10.2. The SMILES string of the molecule is COc1ccc(/C=C/C(=O)O[C@@H](C)C(=O)Nc2ccc(Br)cc2)cc1. The van der Waals surface area contributed by atoms with Gasteiger partial charge in [0.25, 0.3) is 5.91 Å². The Kier molecular flexibility index (Phi) is 6.77. The molecular formula is C19H18BrNO4. The van der Waals surface area contributed by atoms with Gasteiger partial charge in [-0.25, -0.2) is 4.79 Å². The van der Waals surface area contributed by atoms with Gasteiger partial charge < -0.3 is 14.8 Å². The second kappa shape index (κ2) is 9.03. The summed E-state index contributed by atoms with van der Waals surface area (Å²) in [6.45, 7) is 1.52. The number of carbonyl (C=O) groups excluding carboxylic acids is 2. The topological polar surface area (TPSA) is 64.6 Å². The highest BCUT2D eigenvalue weighted by Crippen LogP contribution is 2.15. The lowest BCUT2D eigenvalue weighted by Crippen LogP contribution is -2.29. The molecule has 0 bridgehead atoms. The molecule has 130 valence electrons. The number of halogens is 1. The van der Waals surface area contributed by atoms with Gasteiger partial charge in [-0.2, -0.15) is 0 Å². The van der Waals surface area contributed by atoms with Crippen molar-refractivity contribution in [3.8, 4) is 5.75 Å². The van der Waals surface area contributed by atoms with Crippen LogP contribution in [0.3, 0.4) is 0 Å². The van der Waals surface area contributed by atoms with E-state index in [1.807, 2.05) is 24.3 Å². The molecule has 0 aliphatic carbocycles. The number of amides is 1. The standard InChI is InChI=1S/C19H18BrNO4/c1-13(19(23)21-16-8-6-15(20)7-9-16)25-18(22)12-5-14-3-10-17(24-2)11-4-14/h3-13H,1-2H3,(H,21,23)/b12-5+/t13-/m0/s1. The summed E-state index contributed by atoms with van der Waals surface area (Å²) >= 11 is 3.32. The molecule has 5 nitrogen and oxygen atoms in total. The summed E-state index contributed by atoms with van der Waals surface area (Å²) in [5.41, 5.74) is 1.45. The van der Waals surface area contributed by atoms with E-state index in [1.165, 1.54) is 13.0 Å². The van der Waals surface area contributed by atoms with E-state index in [9.17, 15) is 9.59 Å². The van der Waals surface area contributed by atoms with E-state index < -0.39 is 18.0 Å². The zero-order valence-corrected chi connectivity index (χ0v) is 15.4. The van der Waals surface area contributed by atoms with Crippen LogP contribution in [0.2, 0.25) is 0 Å². The van der Waals surface area contributed by atoms with Gasteiger partial charge in [-0.3, -0.25) is 4.79 Å². The maximum Gasteiger partial charge on any atom is 0.331 e. The van der Waals surface area contributed by atoms with Gasteiger partial charge in [0.2, 0.25) is 0 Å². The van der Waals surface area contributed by atoms with Gasteiger partial charge in [-0.15, -0.1) is 0 Å². The molecule has 2 rings (SSSR count). The molecule has 0 aromatic heterocycles. The average Bonchev–Trinajstić information content (AvgIpc) is 2.62. The van der Waals surface area contributed by atoms with E-state index in [1.54, 1.807) is 37.5 Å². The Bertz CT molecular complexity index is 754. The van der Waals surface area contributed by atoms with Crippen molar-refractivity contribution in [1.82, 2.24) is 0 Å². The summed E-state index contributed by atoms with van der Waals surface area (Å²) < 4.78 is 11.1. The molecule has 1 N–H and O–H groups in total. The minimum absolute atomic E-state index is 0.395. The van der Waals surface area contributed by atoms with Crippen LogP contribution in [-0.4, -0.2) is 25.1 Å². The summed E-state index contributed by atoms with van der Waals surface area (Å²) in [5, 5.41) is 2.69. The Morgan fingerprint density at radius 3 is 2.32 bits per heavy atom. The van der Waals surface area contributed by atoms with Crippen molar-refractivity contribution in [1.29, 1.82) is 0 Å². The van der Waals surface area contributed by atoms with Crippen molar-refractivity contribution in [2.24, 2.45) is 0 Å². The largest absolute Gasteiger partial charge is 0.497 e. The van der Waals surface area contributed by atoms with Gasteiger partial charge in [0, 0.05) is 16.2 Å². The zero-order chi connectivity index (χ0) is 18.2. The van der Waals surface area contributed by atoms with Crippen LogP contribution in [0.25, 0.3) is 6.08 Å². The second-order valence-corrected chi connectivity index (χ2v) is 6.10. The number of ether oxygens (including phenoxy) is 2. The van der Waals surface area contributed by atoms with Crippen molar-refractivity contribution in [2.45, 2.75) is 13.0 Å². The fraction of sp³-hybridized carbons (Fsp3) is 0.158. The monoisotopic (exact) mass is 403 g/mol. The first-order valence-electron chi connectivity index (χ1n) is 7.57. The average molecular weight is 404 g/mol. The van der Waals surface area contributed by atoms with E-state index >= 15 is 0 Å². The molecule has 0 saturated carbocycles. The molecule has 0 aliphatic rings. The molecule has 6 heteroatoms. The molecule has 25 heavy (non-hydrogen) atoms. The quantitative estimate of drug-likeness (QED) is 0.583. The van der Waals surface area contributed by atoms with Crippen LogP contribution in [-0.2, 0) is 14.3 Å². The van der Waals surface area contributed by atoms with Gasteiger partial charge in [-0.1, -0.05) is 28.1 Å². The van der Waals surface area contributed by atoms with Crippen molar-refractivity contribution in [2.75, 3.05) is 12.4 Å². The Hall–Kier alpha value is -2.60. The maximum absolute atomic E-state index is 12.0. The summed E-state index contributed by atoms with van der Waals surface area (Å²) in [4.78, 5) is 23.9. The Morgan fingerprint density at radius 2 is 1.72 bits per heavy atom. The third-order valence-electron chi connectivity index (χ3n) is 3.30. The Balaban J connectivity index is 1.86. The maximum atomic E-state index is 12.0. The Labute approximate surface area is 154 Å². The fourth-order valence-electron chi connectivity index (χ4n) is 1.92. The second-order valence-electron chi connectivity index (χ2n) is 5.18. The predicted molar refractivity (Wildman–Crippen MR) is 100 cm³/mol. The van der Waals surface area contributed by atoms with Crippen molar-refractivity contribution < 1.29 is 19.1 Å². The Morgan fingerprint density at radius 1 is 1.08 bits per heavy atom. The van der Waals surface area contributed by atoms with E-state index in [0.717, 1.165) is 15.8 Å². The van der Waals surface area contributed by atoms with Crippen LogP contribution in [0.15, 0.2) is 59.1 Å². The molecule has 0 spiro atoms. The number of anilines is 1. The molecule has 2 aromatic rings. The van der Waals surface area contributed by atoms with Gasteiger partial charge in [-0.05, 0) is 55.0 Å². The molecule has 0 aliphatic heterocycles. The van der Waals surface area contributed by atoms with Crippen LogP contribution in [0.1, 0.15) is 12.5 Å². The van der Waals surface area contributed by atoms with Gasteiger partial charge >= 0.3 is 5.97 Å². The number of esters is 1. The van der Waals surface area contributed by atoms with Gasteiger partial charge in [0.05, 0.1) is 7.11 Å². The molecule has 2 aromatic carbocycles. The van der Waals surface area contributed by atoms with E-state index in [2.05, 4.69) is 21.2 Å². The summed E-state index contributed by atoms with van der Waals surface area (Å²) in [5.74, 6) is -0.249. The molecule has 1 atom stereocenters. The van der Waals surface area contributed by atoms with Crippen molar-refractivity contribution >= 4 is 39.6 Å². The minimum Gasteiger partial charge on any atom is -0.497 e. The first-order chi connectivity index (χ1) is 12.0. The van der Waals surface area contributed by atoms with Crippen molar-refractivity contribution in [3.05, 3.63) is 64.6 Å². The minimum atomic E-state index is -0.906. The molecule has 1 amide bonds. The molecule has 0 heterocycles. The smallest absolute Gasteiger partial charge is 0.331 e. The number of nitrogens with one attached hydrogen (secondary N) is 1. The highest BCUT2D eigenvalue weighted by molar-refractivity contribution is 9.10. The van der Waals surface area contributed by atoms with E-state index in [-0.39, 0.29) is 0 Å². The van der Waals surface area contributed by atoms with Crippen LogP contribution in [0.5, 0.6) is 5.75 Å². The van der Waals surface area contributed by atoms with Crippen LogP contribution < -0.4 is 10.1 Å². The van der Waals surface area contributed by atoms with E-state index in [4.69, 9.17) is 9.47 Å².